The number of fused-ring (bicyclic) bond motifs is 1. The van der Waals surface area contributed by atoms with Crippen molar-refractivity contribution in [1.29, 1.82) is 5.26 Å². The molecule has 5 nitrogen and oxygen atoms in total. The second kappa shape index (κ2) is 5.74. The first-order chi connectivity index (χ1) is 9.49. The molecule has 0 aromatic carbocycles. The van der Waals surface area contributed by atoms with E-state index in [0.717, 1.165) is 16.7 Å². The van der Waals surface area contributed by atoms with Gasteiger partial charge < -0.3 is 9.72 Å². The number of hydrogen-bond donors (Lipinski definition) is 1. The third kappa shape index (κ3) is 3.58. The van der Waals surface area contributed by atoms with Gasteiger partial charge in [0.2, 0.25) is 5.88 Å². The molecular weight excluding hydrogens is 252 g/mol. The smallest absolute Gasteiger partial charge is 0.233 e. The number of ether oxygens (including phenoxy) is 1. The molecule has 0 amide bonds. The van der Waals surface area contributed by atoms with Crippen LogP contribution in [0.5, 0.6) is 5.88 Å². The van der Waals surface area contributed by atoms with E-state index in [-0.39, 0.29) is 5.41 Å². The molecule has 0 fully saturated rings. The van der Waals surface area contributed by atoms with E-state index in [1.54, 1.807) is 12.3 Å². The first-order valence-corrected chi connectivity index (χ1v) is 6.50. The van der Waals surface area contributed by atoms with E-state index in [2.05, 4.69) is 35.7 Å². The minimum atomic E-state index is 0.0765. The van der Waals surface area contributed by atoms with Crippen molar-refractivity contribution in [2.45, 2.75) is 27.2 Å². The Morgan fingerprint density at radius 2 is 2.25 bits per heavy atom. The molecule has 5 heteroatoms. The number of nitriles is 1. The minimum Gasteiger partial charge on any atom is -0.476 e. The number of hydrogen-bond acceptors (Lipinski definition) is 4. The average Bonchev–Trinajstić information content (AvgIpc) is 2.79. The highest BCUT2D eigenvalue weighted by molar-refractivity contribution is 5.75. The molecule has 0 atom stereocenters. The maximum atomic E-state index is 8.51. The number of rotatable bonds is 4. The average molecular weight is 270 g/mol. The predicted molar refractivity (Wildman–Crippen MR) is 77.3 cm³/mol. The number of H-pyrrole nitrogens is 1. The van der Waals surface area contributed by atoms with Crippen LogP contribution >= 0.6 is 0 Å². The third-order valence-electron chi connectivity index (χ3n) is 2.62. The number of nitrogens with zero attached hydrogens (tertiary/aromatic N) is 3. The maximum Gasteiger partial charge on any atom is 0.233 e. The van der Waals surface area contributed by atoms with Crippen LogP contribution in [0.4, 0.5) is 0 Å². The van der Waals surface area contributed by atoms with Gasteiger partial charge in [0, 0.05) is 17.8 Å². The number of allylic oxidation sites excluding steroid dienone is 2. The van der Waals surface area contributed by atoms with Crippen LogP contribution in [-0.2, 0) is 6.42 Å². The Morgan fingerprint density at radius 1 is 1.45 bits per heavy atom. The summed E-state index contributed by atoms with van der Waals surface area (Å²) in [6.07, 6.45) is 7.39. The van der Waals surface area contributed by atoms with Gasteiger partial charge in [-0.05, 0) is 11.8 Å². The zero-order valence-corrected chi connectivity index (χ0v) is 12.0. The predicted octanol–water partition coefficient (Wildman–Crippen LogP) is 3.01. The molecule has 2 aromatic heterocycles. The molecule has 2 heterocycles. The van der Waals surface area contributed by atoms with Crippen LogP contribution in [0.3, 0.4) is 0 Å². The lowest BCUT2D eigenvalue weighted by Gasteiger charge is -2.17. The highest BCUT2D eigenvalue weighted by Crippen LogP contribution is 2.20. The first-order valence-electron chi connectivity index (χ1n) is 6.50. The van der Waals surface area contributed by atoms with Crippen molar-refractivity contribution in [3.05, 3.63) is 30.1 Å². The van der Waals surface area contributed by atoms with Crippen molar-refractivity contribution in [3.63, 3.8) is 0 Å². The Kier molecular flexibility index (Phi) is 4.04. The third-order valence-corrected chi connectivity index (χ3v) is 2.62. The summed E-state index contributed by atoms with van der Waals surface area (Å²) in [4.78, 5) is 11.9. The van der Waals surface area contributed by atoms with Gasteiger partial charge in [-0.3, -0.25) is 0 Å². The highest BCUT2D eigenvalue weighted by Gasteiger charge is 2.13. The molecular formula is C15H18N4O. The fraction of sp³-hybridized carbons (Fsp3) is 0.400. The topological polar surface area (TPSA) is 74.6 Å². The Labute approximate surface area is 118 Å². The SMILES string of the molecule is CC(C)(C)COc1cnc2[nH]cc(CC=CC#N)c2n1. The van der Waals surface area contributed by atoms with E-state index in [1.165, 1.54) is 6.08 Å². The molecule has 0 aliphatic rings. The Morgan fingerprint density at radius 3 is 2.95 bits per heavy atom. The van der Waals surface area contributed by atoms with E-state index in [0.29, 0.717) is 18.9 Å². The number of nitrogens with one attached hydrogen (secondary N) is 1. The quantitative estimate of drug-likeness (QED) is 0.866. The zero-order chi connectivity index (χ0) is 14.6. The van der Waals surface area contributed by atoms with E-state index in [9.17, 15) is 0 Å². The van der Waals surface area contributed by atoms with Crippen LogP contribution in [0.25, 0.3) is 11.2 Å². The second-order valence-corrected chi connectivity index (χ2v) is 5.80. The van der Waals surface area contributed by atoms with Gasteiger partial charge in [-0.15, -0.1) is 0 Å². The van der Waals surface area contributed by atoms with Crippen LogP contribution < -0.4 is 4.74 Å². The molecule has 1 N–H and O–H groups in total. The molecule has 0 saturated heterocycles. The summed E-state index contributed by atoms with van der Waals surface area (Å²) in [5.41, 5.74) is 2.60. The van der Waals surface area contributed by atoms with Gasteiger partial charge in [0.15, 0.2) is 5.65 Å². The fourth-order valence-corrected chi connectivity index (χ4v) is 1.68. The summed E-state index contributed by atoms with van der Waals surface area (Å²) in [6.45, 7) is 6.90. The van der Waals surface area contributed by atoms with Crippen molar-refractivity contribution >= 4 is 11.2 Å². The van der Waals surface area contributed by atoms with Crippen molar-refractivity contribution in [2.75, 3.05) is 6.61 Å². The molecule has 0 unspecified atom stereocenters. The van der Waals surface area contributed by atoms with Crippen LogP contribution in [-0.4, -0.2) is 21.6 Å². The Hall–Kier alpha value is -2.35. The molecule has 104 valence electrons. The van der Waals surface area contributed by atoms with Gasteiger partial charge in [-0.1, -0.05) is 26.8 Å². The van der Waals surface area contributed by atoms with Gasteiger partial charge in [-0.25, -0.2) is 9.97 Å². The molecule has 0 saturated carbocycles. The van der Waals surface area contributed by atoms with Crippen LogP contribution in [0.1, 0.15) is 26.3 Å². The summed E-state index contributed by atoms with van der Waals surface area (Å²) in [6, 6.07) is 1.98. The molecule has 2 rings (SSSR count). The standard InChI is InChI=1S/C15H18N4O/c1-15(2,3)10-20-12-9-18-14-13(19-12)11(8-17-14)6-4-5-7-16/h4-5,8-9H,6,10H2,1-3H3,(H,17,18). The summed E-state index contributed by atoms with van der Waals surface area (Å²) in [7, 11) is 0. The van der Waals surface area contributed by atoms with E-state index < -0.39 is 0 Å². The van der Waals surface area contributed by atoms with Gasteiger partial charge in [0.1, 0.15) is 5.52 Å². The Balaban J connectivity index is 2.21. The second-order valence-electron chi connectivity index (χ2n) is 5.80. The van der Waals surface area contributed by atoms with Crippen LogP contribution in [0.15, 0.2) is 24.5 Å². The summed E-state index contributed by atoms with van der Waals surface area (Å²) in [5.74, 6) is 0.525. The van der Waals surface area contributed by atoms with Crippen molar-refractivity contribution in [2.24, 2.45) is 5.41 Å². The van der Waals surface area contributed by atoms with Gasteiger partial charge in [0.05, 0.1) is 18.9 Å². The van der Waals surface area contributed by atoms with Crippen LogP contribution in [0, 0.1) is 16.7 Å². The summed E-state index contributed by atoms with van der Waals surface area (Å²) < 4.78 is 5.67. The molecule has 0 spiro atoms. The molecule has 0 radical (unpaired) electrons. The van der Waals surface area contributed by atoms with E-state index in [1.807, 2.05) is 12.3 Å². The number of aromatic nitrogens is 3. The normalized spacial score (nSPS) is 11.9. The van der Waals surface area contributed by atoms with Gasteiger partial charge >= 0.3 is 0 Å². The van der Waals surface area contributed by atoms with Crippen molar-refractivity contribution in [1.82, 2.24) is 15.0 Å². The molecule has 0 aliphatic carbocycles. The molecule has 0 aliphatic heterocycles. The van der Waals surface area contributed by atoms with E-state index in [4.69, 9.17) is 10.00 Å². The van der Waals surface area contributed by atoms with E-state index >= 15 is 0 Å². The monoisotopic (exact) mass is 270 g/mol. The Bertz CT molecular complexity index is 659. The zero-order valence-electron chi connectivity index (χ0n) is 12.0. The van der Waals surface area contributed by atoms with Gasteiger partial charge in [-0.2, -0.15) is 5.26 Å². The lowest BCUT2D eigenvalue weighted by molar-refractivity contribution is 0.191. The lowest BCUT2D eigenvalue weighted by Crippen LogP contribution is -2.17. The summed E-state index contributed by atoms with van der Waals surface area (Å²) in [5, 5.41) is 8.51. The van der Waals surface area contributed by atoms with Crippen molar-refractivity contribution in [3.8, 4) is 11.9 Å². The summed E-state index contributed by atoms with van der Waals surface area (Å²) >= 11 is 0. The van der Waals surface area contributed by atoms with Gasteiger partial charge in [0.25, 0.3) is 0 Å². The molecule has 20 heavy (non-hydrogen) atoms. The van der Waals surface area contributed by atoms with Crippen molar-refractivity contribution < 1.29 is 4.74 Å². The molecule has 2 aromatic rings. The fourth-order valence-electron chi connectivity index (χ4n) is 1.68. The molecule has 0 bridgehead atoms. The maximum absolute atomic E-state index is 8.51. The van der Waals surface area contributed by atoms with Crippen LogP contribution in [0.2, 0.25) is 0 Å². The minimum absolute atomic E-state index is 0.0765. The largest absolute Gasteiger partial charge is 0.476 e. The number of aromatic amines is 1. The highest BCUT2D eigenvalue weighted by atomic mass is 16.5. The lowest BCUT2D eigenvalue weighted by atomic mass is 9.99. The first kappa shape index (κ1) is 14.1.